The Kier molecular flexibility index (Phi) is 5.76. The Balaban J connectivity index is 2.08. The van der Waals surface area contributed by atoms with Gasteiger partial charge in [-0.2, -0.15) is 0 Å². The normalized spacial score (nSPS) is 19.8. The molecule has 21 heavy (non-hydrogen) atoms. The van der Waals surface area contributed by atoms with E-state index >= 15 is 0 Å². The number of ether oxygens (including phenoxy) is 1. The molecular weight excluding hydrogens is 338 g/mol. The Morgan fingerprint density at radius 2 is 2.24 bits per heavy atom. The van der Waals surface area contributed by atoms with Crippen molar-refractivity contribution in [1.82, 2.24) is 5.32 Å². The number of aliphatic carboxylic acids is 1. The minimum Gasteiger partial charge on any atom is -0.481 e. The van der Waals surface area contributed by atoms with Gasteiger partial charge in [0, 0.05) is 11.1 Å². The molecule has 6 heteroatoms. The van der Waals surface area contributed by atoms with Gasteiger partial charge < -0.3 is 15.2 Å². The number of hydrogen-bond donors (Lipinski definition) is 2. The summed E-state index contributed by atoms with van der Waals surface area (Å²) in [4.78, 5) is 23.2. The lowest BCUT2D eigenvalue weighted by Crippen LogP contribution is -2.40. The zero-order chi connectivity index (χ0) is 15.2. The van der Waals surface area contributed by atoms with Crippen molar-refractivity contribution in [2.75, 3.05) is 6.61 Å². The zero-order valence-corrected chi connectivity index (χ0v) is 13.1. The average molecular weight is 356 g/mol. The fraction of sp³-hybridized carbons (Fsp3) is 0.467. The molecule has 1 heterocycles. The summed E-state index contributed by atoms with van der Waals surface area (Å²) in [5.41, 5.74) is 0.760. The predicted octanol–water partition coefficient (Wildman–Crippen LogP) is 2.65. The van der Waals surface area contributed by atoms with Crippen LogP contribution < -0.4 is 5.32 Å². The molecule has 0 spiro atoms. The Hall–Kier alpha value is -1.40. The number of carbonyl (C=O) groups excluding carboxylic acids is 1. The van der Waals surface area contributed by atoms with Crippen LogP contribution in [0.25, 0.3) is 0 Å². The van der Waals surface area contributed by atoms with Gasteiger partial charge in [-0.1, -0.05) is 28.1 Å². The molecule has 2 unspecified atom stereocenters. The number of rotatable bonds is 5. The molecule has 1 aromatic rings. The van der Waals surface area contributed by atoms with Gasteiger partial charge in [0.2, 0.25) is 5.91 Å². The monoisotopic (exact) mass is 355 g/mol. The van der Waals surface area contributed by atoms with Crippen molar-refractivity contribution in [2.45, 2.75) is 37.8 Å². The minimum atomic E-state index is -0.954. The van der Waals surface area contributed by atoms with Crippen LogP contribution in [0.2, 0.25) is 0 Å². The van der Waals surface area contributed by atoms with Gasteiger partial charge in [-0.05, 0) is 37.0 Å². The highest BCUT2D eigenvalue weighted by atomic mass is 79.9. The number of carboxylic acids is 1. The smallest absolute Gasteiger partial charge is 0.305 e. The topological polar surface area (TPSA) is 75.6 Å². The molecule has 2 atom stereocenters. The van der Waals surface area contributed by atoms with Gasteiger partial charge in [0.15, 0.2) is 0 Å². The first-order valence-corrected chi connectivity index (χ1v) is 7.75. The number of nitrogens with one attached hydrogen (secondary N) is 1. The van der Waals surface area contributed by atoms with Crippen LogP contribution in [-0.4, -0.2) is 29.7 Å². The summed E-state index contributed by atoms with van der Waals surface area (Å²) in [7, 11) is 0. The fourth-order valence-corrected chi connectivity index (χ4v) is 2.78. The van der Waals surface area contributed by atoms with E-state index in [9.17, 15) is 9.59 Å². The fourth-order valence-electron chi connectivity index (χ4n) is 2.36. The van der Waals surface area contributed by atoms with Gasteiger partial charge in [-0.15, -0.1) is 0 Å². The number of halogens is 1. The first-order valence-electron chi connectivity index (χ1n) is 6.95. The molecule has 2 N–H and O–H groups in total. The lowest BCUT2D eigenvalue weighted by molar-refractivity contribution is -0.139. The first kappa shape index (κ1) is 16.0. The van der Waals surface area contributed by atoms with E-state index in [1.165, 1.54) is 0 Å². The molecule has 1 amide bonds. The van der Waals surface area contributed by atoms with Gasteiger partial charge in [-0.3, -0.25) is 9.59 Å². The summed E-state index contributed by atoms with van der Waals surface area (Å²) in [6.07, 6.45) is 1.98. The first-order chi connectivity index (χ1) is 10.1. The van der Waals surface area contributed by atoms with E-state index in [-0.39, 0.29) is 12.3 Å². The van der Waals surface area contributed by atoms with Crippen LogP contribution in [0.1, 0.15) is 37.3 Å². The highest BCUT2D eigenvalue weighted by Crippen LogP contribution is 2.22. The lowest BCUT2D eigenvalue weighted by atomic mass is 10.0. The summed E-state index contributed by atoms with van der Waals surface area (Å²) in [6.45, 7) is 0.582. The highest BCUT2D eigenvalue weighted by molar-refractivity contribution is 9.10. The molecule has 5 nitrogen and oxygen atoms in total. The van der Waals surface area contributed by atoms with E-state index in [1.54, 1.807) is 6.07 Å². The number of carbonyl (C=O) groups is 2. The second-order valence-electron chi connectivity index (χ2n) is 5.07. The molecular formula is C15H18BrNO4. The van der Waals surface area contributed by atoms with Crippen LogP contribution >= 0.6 is 15.9 Å². The van der Waals surface area contributed by atoms with E-state index in [4.69, 9.17) is 9.84 Å². The highest BCUT2D eigenvalue weighted by Gasteiger charge is 2.26. The van der Waals surface area contributed by atoms with E-state index < -0.39 is 18.1 Å². The van der Waals surface area contributed by atoms with Gasteiger partial charge in [-0.25, -0.2) is 0 Å². The van der Waals surface area contributed by atoms with E-state index in [0.717, 1.165) is 22.9 Å². The van der Waals surface area contributed by atoms with Gasteiger partial charge in [0.1, 0.15) is 6.10 Å². The van der Waals surface area contributed by atoms with Crippen LogP contribution in [0.4, 0.5) is 0 Å². The summed E-state index contributed by atoms with van der Waals surface area (Å²) in [5, 5.41) is 11.8. The molecule has 0 saturated carbocycles. The molecule has 0 bridgehead atoms. The molecule has 0 radical (unpaired) electrons. The Morgan fingerprint density at radius 3 is 2.86 bits per heavy atom. The summed E-state index contributed by atoms with van der Waals surface area (Å²) < 4.78 is 6.28. The average Bonchev–Trinajstić information content (AvgIpc) is 2.47. The Labute approximate surface area is 131 Å². The quantitative estimate of drug-likeness (QED) is 0.851. The second-order valence-corrected chi connectivity index (χ2v) is 5.98. The lowest BCUT2D eigenvalue weighted by Gasteiger charge is -2.25. The standard InChI is InChI=1S/C15H18BrNO4/c16-11-5-3-4-10(8-11)12(9-14(18)19)17-15(20)13-6-1-2-7-21-13/h3-5,8,12-13H,1-2,6-7,9H2,(H,17,20)(H,18,19). The third-order valence-electron chi connectivity index (χ3n) is 3.42. The largest absolute Gasteiger partial charge is 0.481 e. The minimum absolute atomic E-state index is 0.158. The second kappa shape index (κ2) is 7.56. The zero-order valence-electron chi connectivity index (χ0n) is 11.5. The summed E-state index contributed by atoms with van der Waals surface area (Å²) >= 11 is 3.35. The number of carboxylic acid groups (broad SMARTS) is 1. The maximum Gasteiger partial charge on any atom is 0.305 e. The van der Waals surface area contributed by atoms with Crippen LogP contribution in [0.3, 0.4) is 0 Å². The van der Waals surface area contributed by atoms with E-state index in [1.807, 2.05) is 18.2 Å². The van der Waals surface area contributed by atoms with Crippen LogP contribution in [0.15, 0.2) is 28.7 Å². The van der Waals surface area contributed by atoms with Crippen molar-refractivity contribution in [3.8, 4) is 0 Å². The third-order valence-corrected chi connectivity index (χ3v) is 3.91. The van der Waals surface area contributed by atoms with Crippen LogP contribution in [-0.2, 0) is 14.3 Å². The van der Waals surface area contributed by atoms with Crippen molar-refractivity contribution in [3.63, 3.8) is 0 Å². The van der Waals surface area contributed by atoms with Crippen molar-refractivity contribution in [3.05, 3.63) is 34.3 Å². The molecule has 1 aliphatic heterocycles. The molecule has 1 aliphatic rings. The predicted molar refractivity (Wildman–Crippen MR) is 80.9 cm³/mol. The van der Waals surface area contributed by atoms with E-state index in [2.05, 4.69) is 21.2 Å². The Morgan fingerprint density at radius 1 is 1.43 bits per heavy atom. The number of benzene rings is 1. The Bertz CT molecular complexity index is 514. The summed E-state index contributed by atoms with van der Waals surface area (Å²) in [5.74, 6) is -1.19. The third kappa shape index (κ3) is 4.82. The number of hydrogen-bond acceptors (Lipinski definition) is 3. The van der Waals surface area contributed by atoms with Crippen molar-refractivity contribution in [1.29, 1.82) is 0 Å². The number of amides is 1. The molecule has 114 valence electrons. The SMILES string of the molecule is O=C(O)CC(NC(=O)C1CCCCO1)c1cccc(Br)c1. The van der Waals surface area contributed by atoms with E-state index in [0.29, 0.717) is 13.0 Å². The molecule has 1 aromatic carbocycles. The maximum atomic E-state index is 12.2. The van der Waals surface area contributed by atoms with Gasteiger partial charge >= 0.3 is 5.97 Å². The van der Waals surface area contributed by atoms with Crippen LogP contribution in [0.5, 0.6) is 0 Å². The van der Waals surface area contributed by atoms with Crippen LogP contribution in [0, 0.1) is 0 Å². The summed E-state index contributed by atoms with van der Waals surface area (Å²) in [6, 6.07) is 6.74. The molecule has 1 saturated heterocycles. The molecule has 2 rings (SSSR count). The molecule has 0 aromatic heterocycles. The van der Waals surface area contributed by atoms with Crippen molar-refractivity contribution in [2.24, 2.45) is 0 Å². The van der Waals surface area contributed by atoms with Gasteiger partial charge in [0.05, 0.1) is 12.5 Å². The molecule has 1 fully saturated rings. The van der Waals surface area contributed by atoms with Gasteiger partial charge in [0.25, 0.3) is 0 Å². The maximum absolute atomic E-state index is 12.2. The molecule has 0 aliphatic carbocycles. The van der Waals surface area contributed by atoms with Crippen molar-refractivity contribution >= 4 is 27.8 Å². The van der Waals surface area contributed by atoms with Crippen molar-refractivity contribution < 1.29 is 19.4 Å².